The maximum atomic E-state index is 5.77. The van der Waals surface area contributed by atoms with Crippen LogP contribution in [0, 0.1) is 0 Å². The molecule has 1 aliphatic rings. The van der Waals surface area contributed by atoms with Crippen molar-refractivity contribution in [2.24, 2.45) is 5.73 Å². The molecule has 82 valence electrons. The molecule has 5 heteroatoms. The van der Waals surface area contributed by atoms with E-state index in [2.05, 4.69) is 14.9 Å². The molecule has 1 aromatic heterocycles. The standard InChI is InChI=1S/C10H15ClN4/c11-10-13-5-4-9(14-10)15-6-2-1-3-8(15)7-12/h4-5,8H,1-3,6-7,12H2/t8-/m1/s1. The Hall–Kier alpha value is -0.870. The van der Waals surface area contributed by atoms with E-state index in [9.17, 15) is 0 Å². The third kappa shape index (κ3) is 2.38. The van der Waals surface area contributed by atoms with E-state index < -0.39 is 0 Å². The fourth-order valence-electron chi connectivity index (χ4n) is 2.03. The SMILES string of the molecule is NC[C@H]1CCCCN1c1ccnc(Cl)n1. The van der Waals surface area contributed by atoms with Crippen LogP contribution in [0.5, 0.6) is 0 Å². The summed E-state index contributed by atoms with van der Waals surface area (Å²) in [5, 5.41) is 0.300. The second kappa shape index (κ2) is 4.77. The van der Waals surface area contributed by atoms with Gasteiger partial charge in [-0.3, -0.25) is 0 Å². The topological polar surface area (TPSA) is 55.0 Å². The molecule has 2 N–H and O–H groups in total. The van der Waals surface area contributed by atoms with Gasteiger partial charge in [0, 0.05) is 25.3 Å². The van der Waals surface area contributed by atoms with Gasteiger partial charge in [-0.25, -0.2) is 9.97 Å². The van der Waals surface area contributed by atoms with Crippen molar-refractivity contribution < 1.29 is 0 Å². The summed E-state index contributed by atoms with van der Waals surface area (Å²) in [5.41, 5.74) is 5.75. The predicted molar refractivity (Wildman–Crippen MR) is 61.1 cm³/mol. The van der Waals surface area contributed by atoms with Gasteiger partial charge in [0.25, 0.3) is 0 Å². The van der Waals surface area contributed by atoms with E-state index in [4.69, 9.17) is 17.3 Å². The maximum absolute atomic E-state index is 5.77. The number of nitrogens with two attached hydrogens (primary N) is 1. The molecule has 0 amide bonds. The number of nitrogens with zero attached hydrogens (tertiary/aromatic N) is 3. The van der Waals surface area contributed by atoms with Crippen molar-refractivity contribution in [1.82, 2.24) is 9.97 Å². The Labute approximate surface area is 94.5 Å². The molecule has 0 aliphatic carbocycles. The first-order valence-corrected chi connectivity index (χ1v) is 5.64. The van der Waals surface area contributed by atoms with Crippen molar-refractivity contribution in [3.63, 3.8) is 0 Å². The molecule has 2 heterocycles. The van der Waals surface area contributed by atoms with Crippen molar-refractivity contribution in [2.45, 2.75) is 25.3 Å². The maximum Gasteiger partial charge on any atom is 0.224 e. The molecule has 1 aromatic rings. The summed E-state index contributed by atoms with van der Waals surface area (Å²) in [4.78, 5) is 10.3. The predicted octanol–water partition coefficient (Wildman–Crippen LogP) is 1.45. The zero-order chi connectivity index (χ0) is 10.7. The summed E-state index contributed by atoms with van der Waals surface area (Å²) >= 11 is 5.77. The van der Waals surface area contributed by atoms with E-state index in [-0.39, 0.29) is 0 Å². The lowest BCUT2D eigenvalue weighted by Gasteiger charge is -2.35. The third-order valence-electron chi connectivity index (χ3n) is 2.80. The summed E-state index contributed by atoms with van der Waals surface area (Å²) in [6.45, 7) is 1.68. The molecule has 0 aromatic carbocycles. The average molecular weight is 227 g/mol. The summed E-state index contributed by atoms with van der Waals surface area (Å²) in [7, 11) is 0. The fourth-order valence-corrected chi connectivity index (χ4v) is 2.18. The van der Waals surface area contributed by atoms with Crippen LogP contribution >= 0.6 is 11.6 Å². The fraction of sp³-hybridized carbons (Fsp3) is 0.600. The second-order valence-corrected chi connectivity index (χ2v) is 4.10. The van der Waals surface area contributed by atoms with Crippen LogP contribution in [0.15, 0.2) is 12.3 Å². The minimum absolute atomic E-state index is 0.300. The van der Waals surface area contributed by atoms with Crippen molar-refractivity contribution in [3.8, 4) is 0 Å². The van der Waals surface area contributed by atoms with E-state index in [1.54, 1.807) is 6.20 Å². The average Bonchev–Trinajstić information content (AvgIpc) is 2.29. The van der Waals surface area contributed by atoms with Crippen LogP contribution in [0.1, 0.15) is 19.3 Å². The smallest absolute Gasteiger partial charge is 0.224 e. The lowest BCUT2D eigenvalue weighted by atomic mass is 10.0. The number of anilines is 1. The number of piperidine rings is 1. The van der Waals surface area contributed by atoms with Gasteiger partial charge in [-0.2, -0.15) is 0 Å². The summed E-state index contributed by atoms with van der Waals surface area (Å²) in [5.74, 6) is 0.894. The van der Waals surface area contributed by atoms with E-state index in [0.29, 0.717) is 17.9 Å². The molecule has 4 nitrogen and oxygen atoms in total. The Morgan fingerprint density at radius 2 is 2.40 bits per heavy atom. The molecule has 1 fully saturated rings. The van der Waals surface area contributed by atoms with Crippen molar-refractivity contribution in [3.05, 3.63) is 17.5 Å². The molecule has 0 radical (unpaired) electrons. The van der Waals surface area contributed by atoms with Gasteiger partial charge in [0.1, 0.15) is 5.82 Å². The second-order valence-electron chi connectivity index (χ2n) is 3.76. The number of hydrogen-bond donors (Lipinski definition) is 1. The highest BCUT2D eigenvalue weighted by Gasteiger charge is 2.22. The zero-order valence-electron chi connectivity index (χ0n) is 8.56. The Morgan fingerprint density at radius 1 is 1.53 bits per heavy atom. The van der Waals surface area contributed by atoms with Crippen LogP contribution in [0.4, 0.5) is 5.82 Å². The minimum atomic E-state index is 0.300. The normalized spacial score (nSPS) is 21.7. The van der Waals surface area contributed by atoms with Gasteiger partial charge < -0.3 is 10.6 Å². The molecule has 15 heavy (non-hydrogen) atoms. The first kappa shape index (κ1) is 10.6. The van der Waals surface area contributed by atoms with Gasteiger partial charge in [0.15, 0.2) is 0 Å². The van der Waals surface area contributed by atoms with Crippen molar-refractivity contribution in [1.29, 1.82) is 0 Å². The number of hydrogen-bond acceptors (Lipinski definition) is 4. The van der Waals surface area contributed by atoms with E-state index in [1.165, 1.54) is 12.8 Å². The van der Waals surface area contributed by atoms with Crippen molar-refractivity contribution >= 4 is 17.4 Å². The molecular weight excluding hydrogens is 212 g/mol. The van der Waals surface area contributed by atoms with Crippen LogP contribution in [0.2, 0.25) is 5.28 Å². The number of halogens is 1. The molecule has 0 bridgehead atoms. The molecule has 1 saturated heterocycles. The van der Waals surface area contributed by atoms with Crippen LogP contribution in [-0.2, 0) is 0 Å². The monoisotopic (exact) mass is 226 g/mol. The van der Waals surface area contributed by atoms with Gasteiger partial charge in [-0.15, -0.1) is 0 Å². The Kier molecular flexibility index (Phi) is 3.38. The van der Waals surface area contributed by atoms with Crippen LogP contribution < -0.4 is 10.6 Å². The molecule has 0 unspecified atom stereocenters. The molecule has 0 spiro atoms. The quantitative estimate of drug-likeness (QED) is 0.776. The summed E-state index contributed by atoms with van der Waals surface area (Å²) in [6, 6.07) is 2.28. The molecule has 1 aliphatic heterocycles. The zero-order valence-corrected chi connectivity index (χ0v) is 9.32. The van der Waals surface area contributed by atoms with Crippen LogP contribution in [-0.4, -0.2) is 29.1 Å². The molecular formula is C10H15ClN4. The van der Waals surface area contributed by atoms with Crippen LogP contribution in [0.3, 0.4) is 0 Å². The van der Waals surface area contributed by atoms with Crippen LogP contribution in [0.25, 0.3) is 0 Å². The lowest BCUT2D eigenvalue weighted by Crippen LogP contribution is -2.44. The highest BCUT2D eigenvalue weighted by molar-refractivity contribution is 6.28. The molecule has 2 rings (SSSR count). The number of aromatic nitrogens is 2. The van der Waals surface area contributed by atoms with E-state index in [0.717, 1.165) is 18.8 Å². The molecule has 0 saturated carbocycles. The minimum Gasteiger partial charge on any atom is -0.352 e. The van der Waals surface area contributed by atoms with Gasteiger partial charge in [0.05, 0.1) is 0 Å². The highest BCUT2D eigenvalue weighted by atomic mass is 35.5. The Bertz CT molecular complexity index is 331. The van der Waals surface area contributed by atoms with E-state index >= 15 is 0 Å². The Balaban J connectivity index is 2.20. The number of rotatable bonds is 2. The Morgan fingerprint density at radius 3 is 3.13 bits per heavy atom. The van der Waals surface area contributed by atoms with Crippen molar-refractivity contribution in [2.75, 3.05) is 18.0 Å². The van der Waals surface area contributed by atoms with Gasteiger partial charge >= 0.3 is 0 Å². The highest BCUT2D eigenvalue weighted by Crippen LogP contribution is 2.22. The third-order valence-corrected chi connectivity index (χ3v) is 2.99. The first-order valence-electron chi connectivity index (χ1n) is 5.26. The summed E-state index contributed by atoms with van der Waals surface area (Å²) in [6.07, 6.45) is 5.26. The van der Waals surface area contributed by atoms with E-state index in [1.807, 2.05) is 6.07 Å². The van der Waals surface area contributed by atoms with Gasteiger partial charge in [0.2, 0.25) is 5.28 Å². The lowest BCUT2D eigenvalue weighted by molar-refractivity contribution is 0.462. The summed E-state index contributed by atoms with van der Waals surface area (Å²) < 4.78 is 0. The first-order chi connectivity index (χ1) is 7.31. The van der Waals surface area contributed by atoms with Gasteiger partial charge in [-0.1, -0.05) is 0 Å². The molecule has 1 atom stereocenters. The van der Waals surface area contributed by atoms with Gasteiger partial charge in [-0.05, 0) is 36.9 Å². The largest absolute Gasteiger partial charge is 0.352 e.